The molecular weight excluding hydrogens is 236 g/mol. The highest BCUT2D eigenvalue weighted by Gasteiger charge is 2.30. The molecule has 4 heteroatoms. The van der Waals surface area contributed by atoms with Gasteiger partial charge in [-0.2, -0.15) is 0 Å². The molecule has 19 heavy (non-hydrogen) atoms. The molecule has 0 aliphatic carbocycles. The first-order chi connectivity index (χ1) is 8.85. The summed E-state index contributed by atoms with van der Waals surface area (Å²) in [6, 6.07) is 11.4. The number of anilines is 2. The largest absolute Gasteiger partial charge is 0.397 e. The van der Waals surface area contributed by atoms with E-state index in [0.29, 0.717) is 16.9 Å². The third-order valence-corrected chi connectivity index (χ3v) is 3.49. The van der Waals surface area contributed by atoms with Crippen molar-refractivity contribution in [2.24, 2.45) is 11.5 Å². The molecule has 0 unspecified atom stereocenters. The molecule has 2 aromatic carbocycles. The minimum Gasteiger partial charge on any atom is -0.397 e. The molecule has 0 aliphatic heterocycles. The lowest BCUT2D eigenvalue weighted by Crippen LogP contribution is -2.48. The van der Waals surface area contributed by atoms with E-state index in [-0.39, 0.29) is 0 Å². The molecule has 0 amide bonds. The predicted octanol–water partition coefficient (Wildman–Crippen LogP) is 1.59. The average molecular weight is 256 g/mol. The maximum absolute atomic E-state index is 6.37. The van der Waals surface area contributed by atoms with Crippen LogP contribution in [0.2, 0.25) is 0 Å². The molecule has 0 bridgehead atoms. The Hall–Kier alpha value is -2.04. The molecule has 0 saturated carbocycles. The SMILES string of the molecule is Cc1ccccc1C(N)(N)c1c(C)ccc(N)c1N. The van der Waals surface area contributed by atoms with E-state index >= 15 is 0 Å². The number of rotatable bonds is 2. The van der Waals surface area contributed by atoms with Crippen LogP contribution in [0.5, 0.6) is 0 Å². The van der Waals surface area contributed by atoms with Gasteiger partial charge in [-0.05, 0) is 36.6 Å². The van der Waals surface area contributed by atoms with E-state index in [4.69, 9.17) is 22.9 Å². The first kappa shape index (κ1) is 13.4. The molecular formula is C15H20N4. The molecule has 0 aliphatic rings. The molecule has 4 nitrogen and oxygen atoms in total. The van der Waals surface area contributed by atoms with Gasteiger partial charge in [0.15, 0.2) is 0 Å². The molecule has 0 spiro atoms. The standard InChI is InChI=1S/C15H20N4/c1-9-5-3-4-6-11(9)15(18,19)13-10(2)7-8-12(16)14(13)17/h3-8H,16-19H2,1-2H3. The first-order valence-electron chi connectivity index (χ1n) is 6.14. The zero-order chi connectivity index (χ0) is 14.2. The van der Waals surface area contributed by atoms with E-state index < -0.39 is 5.66 Å². The predicted molar refractivity (Wildman–Crippen MR) is 80.3 cm³/mol. The molecule has 8 N–H and O–H groups in total. The lowest BCUT2D eigenvalue weighted by molar-refractivity contribution is 0.563. The normalized spacial score (nSPS) is 11.6. The van der Waals surface area contributed by atoms with Crippen LogP contribution in [-0.4, -0.2) is 0 Å². The molecule has 0 atom stereocenters. The summed E-state index contributed by atoms with van der Waals surface area (Å²) in [5, 5.41) is 0. The van der Waals surface area contributed by atoms with E-state index in [1.54, 1.807) is 6.07 Å². The maximum Gasteiger partial charge on any atom is 0.119 e. The number of hydrogen-bond donors (Lipinski definition) is 4. The third kappa shape index (κ3) is 2.16. The number of benzene rings is 2. The second-order valence-electron chi connectivity index (χ2n) is 4.94. The Balaban J connectivity index is 2.70. The van der Waals surface area contributed by atoms with Crippen molar-refractivity contribution in [3.63, 3.8) is 0 Å². The summed E-state index contributed by atoms with van der Waals surface area (Å²) in [6.07, 6.45) is 0. The highest BCUT2D eigenvalue weighted by atomic mass is 15.0. The molecule has 100 valence electrons. The third-order valence-electron chi connectivity index (χ3n) is 3.49. The second-order valence-corrected chi connectivity index (χ2v) is 4.94. The topological polar surface area (TPSA) is 104 Å². The Morgan fingerprint density at radius 2 is 1.47 bits per heavy atom. The summed E-state index contributed by atoms with van der Waals surface area (Å²) >= 11 is 0. The Labute approximate surface area is 113 Å². The lowest BCUT2D eigenvalue weighted by Gasteiger charge is -2.30. The summed E-state index contributed by atoms with van der Waals surface area (Å²) in [6.45, 7) is 3.90. The van der Waals surface area contributed by atoms with Gasteiger partial charge in [0.2, 0.25) is 0 Å². The van der Waals surface area contributed by atoms with Crippen molar-refractivity contribution >= 4 is 11.4 Å². The molecule has 2 rings (SSSR count). The van der Waals surface area contributed by atoms with Gasteiger partial charge in [-0.1, -0.05) is 30.3 Å². The quantitative estimate of drug-likeness (QED) is 0.483. The second kappa shape index (κ2) is 4.57. The highest BCUT2D eigenvalue weighted by Crippen LogP contribution is 2.34. The number of nitrogens with two attached hydrogens (primary N) is 4. The van der Waals surface area contributed by atoms with Crippen molar-refractivity contribution in [1.82, 2.24) is 0 Å². The smallest absolute Gasteiger partial charge is 0.119 e. The van der Waals surface area contributed by atoms with Crippen molar-refractivity contribution in [2.45, 2.75) is 19.5 Å². The van der Waals surface area contributed by atoms with Gasteiger partial charge in [0.05, 0.1) is 11.4 Å². The van der Waals surface area contributed by atoms with Crippen LogP contribution >= 0.6 is 0 Å². The van der Waals surface area contributed by atoms with Gasteiger partial charge in [-0.3, -0.25) is 0 Å². The zero-order valence-electron chi connectivity index (χ0n) is 11.3. The lowest BCUT2D eigenvalue weighted by atomic mass is 9.86. The van der Waals surface area contributed by atoms with Crippen molar-refractivity contribution in [1.29, 1.82) is 0 Å². The molecule has 0 fully saturated rings. The zero-order valence-corrected chi connectivity index (χ0v) is 11.3. The highest BCUT2D eigenvalue weighted by molar-refractivity contribution is 5.72. The molecule has 0 saturated heterocycles. The fourth-order valence-electron chi connectivity index (χ4n) is 2.47. The van der Waals surface area contributed by atoms with Gasteiger partial charge in [-0.15, -0.1) is 0 Å². The fourth-order valence-corrected chi connectivity index (χ4v) is 2.47. The summed E-state index contributed by atoms with van der Waals surface area (Å²) < 4.78 is 0. The summed E-state index contributed by atoms with van der Waals surface area (Å²) in [5.41, 5.74) is 28.0. The monoisotopic (exact) mass is 256 g/mol. The van der Waals surface area contributed by atoms with Crippen LogP contribution in [0.1, 0.15) is 22.3 Å². The van der Waals surface area contributed by atoms with Crippen LogP contribution < -0.4 is 22.9 Å². The summed E-state index contributed by atoms with van der Waals surface area (Å²) in [7, 11) is 0. The summed E-state index contributed by atoms with van der Waals surface area (Å²) in [5.74, 6) is 0. The van der Waals surface area contributed by atoms with Crippen LogP contribution in [0.3, 0.4) is 0 Å². The van der Waals surface area contributed by atoms with Crippen molar-refractivity contribution in [2.75, 3.05) is 11.5 Å². The Bertz CT molecular complexity index is 618. The van der Waals surface area contributed by atoms with Gasteiger partial charge in [0.25, 0.3) is 0 Å². The van der Waals surface area contributed by atoms with Gasteiger partial charge in [0, 0.05) is 5.56 Å². The van der Waals surface area contributed by atoms with Crippen LogP contribution in [0.4, 0.5) is 11.4 Å². The van der Waals surface area contributed by atoms with Crippen LogP contribution in [0.25, 0.3) is 0 Å². The maximum atomic E-state index is 6.37. The number of hydrogen-bond acceptors (Lipinski definition) is 4. The van der Waals surface area contributed by atoms with Gasteiger partial charge in [-0.25, -0.2) is 0 Å². The van der Waals surface area contributed by atoms with E-state index in [9.17, 15) is 0 Å². The van der Waals surface area contributed by atoms with Gasteiger partial charge < -0.3 is 22.9 Å². The Morgan fingerprint density at radius 3 is 2.11 bits per heavy atom. The fraction of sp³-hybridized carbons (Fsp3) is 0.200. The van der Waals surface area contributed by atoms with E-state index in [2.05, 4.69) is 0 Å². The van der Waals surface area contributed by atoms with Crippen LogP contribution in [0.15, 0.2) is 36.4 Å². The molecule has 2 aromatic rings. The number of aryl methyl sites for hydroxylation is 2. The average Bonchev–Trinajstić information content (AvgIpc) is 2.34. The van der Waals surface area contributed by atoms with Gasteiger partial charge >= 0.3 is 0 Å². The first-order valence-corrected chi connectivity index (χ1v) is 6.14. The van der Waals surface area contributed by atoms with Gasteiger partial charge in [0.1, 0.15) is 5.66 Å². The number of nitrogen functional groups attached to an aromatic ring is 2. The van der Waals surface area contributed by atoms with Crippen molar-refractivity contribution < 1.29 is 0 Å². The Morgan fingerprint density at radius 1 is 0.842 bits per heavy atom. The van der Waals surface area contributed by atoms with E-state index in [1.807, 2.05) is 44.2 Å². The van der Waals surface area contributed by atoms with Crippen molar-refractivity contribution in [3.05, 3.63) is 58.7 Å². The molecule has 0 aromatic heterocycles. The molecule has 0 radical (unpaired) electrons. The van der Waals surface area contributed by atoms with Crippen molar-refractivity contribution in [3.8, 4) is 0 Å². The summed E-state index contributed by atoms with van der Waals surface area (Å²) in [4.78, 5) is 0. The van der Waals surface area contributed by atoms with E-state index in [0.717, 1.165) is 16.7 Å². The van der Waals surface area contributed by atoms with Crippen LogP contribution in [0, 0.1) is 13.8 Å². The molecule has 0 heterocycles. The van der Waals surface area contributed by atoms with E-state index in [1.165, 1.54) is 0 Å². The van der Waals surface area contributed by atoms with Crippen LogP contribution in [-0.2, 0) is 5.66 Å². The minimum absolute atomic E-state index is 0.452. The Kier molecular flexibility index (Phi) is 3.22. The minimum atomic E-state index is -1.16.